The topological polar surface area (TPSA) is 50.7 Å². The van der Waals surface area contributed by atoms with Crippen LogP contribution in [-0.2, 0) is 9.47 Å². The molecule has 1 aromatic rings. The summed E-state index contributed by atoms with van der Waals surface area (Å²) in [4.78, 5) is 13.6. The van der Waals surface area contributed by atoms with Crippen LogP contribution in [0.1, 0.15) is 26.7 Å². The van der Waals surface area contributed by atoms with Crippen LogP contribution >= 0.6 is 0 Å². The summed E-state index contributed by atoms with van der Waals surface area (Å²) in [6.07, 6.45) is 3.61. The van der Waals surface area contributed by atoms with Crippen molar-refractivity contribution in [2.24, 2.45) is 0 Å². The van der Waals surface area contributed by atoms with Crippen molar-refractivity contribution in [1.29, 1.82) is 0 Å². The van der Waals surface area contributed by atoms with Gasteiger partial charge in [0.15, 0.2) is 5.79 Å². The molecular weight excluding hydrogens is 268 g/mol. The number of piperidine rings is 1. The Morgan fingerprint density at radius 2 is 1.86 bits per heavy atom. The van der Waals surface area contributed by atoms with Gasteiger partial charge in [0.2, 0.25) is 5.95 Å². The van der Waals surface area contributed by atoms with E-state index in [0.717, 1.165) is 50.8 Å². The predicted molar refractivity (Wildman–Crippen MR) is 81.7 cm³/mol. The second-order valence-corrected chi connectivity index (χ2v) is 5.48. The molecule has 0 radical (unpaired) electrons. The van der Waals surface area contributed by atoms with Crippen molar-refractivity contribution in [3.8, 4) is 0 Å². The molecule has 2 saturated heterocycles. The Morgan fingerprint density at radius 3 is 2.48 bits per heavy atom. The van der Waals surface area contributed by atoms with Crippen molar-refractivity contribution in [3.63, 3.8) is 0 Å². The minimum atomic E-state index is -0.340. The third kappa shape index (κ3) is 2.96. The van der Waals surface area contributed by atoms with Crippen LogP contribution in [0.25, 0.3) is 0 Å². The number of rotatable bonds is 4. The van der Waals surface area contributed by atoms with Gasteiger partial charge in [-0.3, -0.25) is 0 Å². The average Bonchev–Trinajstić information content (AvgIpc) is 2.98. The fourth-order valence-electron chi connectivity index (χ4n) is 3.05. The summed E-state index contributed by atoms with van der Waals surface area (Å²) < 4.78 is 11.5. The van der Waals surface area contributed by atoms with E-state index in [1.165, 1.54) is 0 Å². The number of ether oxygens (including phenoxy) is 2. The van der Waals surface area contributed by atoms with Gasteiger partial charge in [0.1, 0.15) is 5.82 Å². The van der Waals surface area contributed by atoms with Gasteiger partial charge in [-0.25, -0.2) is 4.98 Å². The fraction of sp³-hybridized carbons (Fsp3) is 0.733. The molecule has 0 N–H and O–H groups in total. The Labute approximate surface area is 126 Å². The van der Waals surface area contributed by atoms with Gasteiger partial charge in [0.25, 0.3) is 0 Å². The summed E-state index contributed by atoms with van der Waals surface area (Å²) in [5, 5.41) is 0. The van der Waals surface area contributed by atoms with Crippen LogP contribution in [0.5, 0.6) is 0 Å². The van der Waals surface area contributed by atoms with Crippen molar-refractivity contribution in [3.05, 3.63) is 12.3 Å². The average molecular weight is 292 g/mol. The van der Waals surface area contributed by atoms with Crippen molar-refractivity contribution in [1.82, 2.24) is 9.97 Å². The highest BCUT2D eigenvalue weighted by molar-refractivity contribution is 5.43. The molecule has 0 saturated carbocycles. The molecule has 6 heteroatoms. The standard InChI is InChI=1S/C15H24N4O2/c1-3-18(4-2)13-5-8-16-14(17-13)19-9-6-15(7-10-19)20-11-12-21-15/h5,8H,3-4,6-7,9-12H2,1-2H3. The molecule has 0 aliphatic carbocycles. The fourth-order valence-corrected chi connectivity index (χ4v) is 3.05. The lowest BCUT2D eigenvalue weighted by Crippen LogP contribution is -2.45. The minimum absolute atomic E-state index is 0.340. The number of hydrogen-bond acceptors (Lipinski definition) is 6. The molecule has 3 rings (SSSR count). The van der Waals surface area contributed by atoms with Gasteiger partial charge < -0.3 is 19.3 Å². The molecule has 2 fully saturated rings. The Kier molecular flexibility index (Phi) is 4.26. The van der Waals surface area contributed by atoms with Crippen molar-refractivity contribution in [2.45, 2.75) is 32.5 Å². The first kappa shape index (κ1) is 14.5. The minimum Gasteiger partial charge on any atom is -0.357 e. The number of nitrogens with zero attached hydrogens (tertiary/aromatic N) is 4. The molecule has 21 heavy (non-hydrogen) atoms. The monoisotopic (exact) mass is 292 g/mol. The third-order valence-electron chi connectivity index (χ3n) is 4.34. The highest BCUT2D eigenvalue weighted by Crippen LogP contribution is 2.32. The first-order chi connectivity index (χ1) is 10.3. The first-order valence-electron chi connectivity index (χ1n) is 7.87. The number of hydrogen-bond donors (Lipinski definition) is 0. The molecule has 0 bridgehead atoms. The summed E-state index contributed by atoms with van der Waals surface area (Å²) in [6, 6.07) is 1.98. The Hall–Kier alpha value is -1.40. The van der Waals surface area contributed by atoms with E-state index in [-0.39, 0.29) is 5.79 Å². The van der Waals surface area contributed by atoms with Gasteiger partial charge in [-0.05, 0) is 19.9 Å². The molecule has 0 atom stereocenters. The van der Waals surface area contributed by atoms with Crippen LogP contribution < -0.4 is 9.80 Å². The molecule has 2 aliphatic heterocycles. The van der Waals surface area contributed by atoms with E-state index in [0.29, 0.717) is 13.2 Å². The lowest BCUT2D eigenvalue weighted by Gasteiger charge is -2.37. The summed E-state index contributed by atoms with van der Waals surface area (Å²) in [5.74, 6) is 1.47. The lowest BCUT2D eigenvalue weighted by atomic mass is 10.0. The molecule has 6 nitrogen and oxygen atoms in total. The van der Waals surface area contributed by atoms with Crippen LogP contribution in [0.2, 0.25) is 0 Å². The van der Waals surface area contributed by atoms with Crippen LogP contribution in [0, 0.1) is 0 Å². The predicted octanol–water partition coefficient (Wildman–Crippen LogP) is 1.67. The van der Waals surface area contributed by atoms with Gasteiger partial charge in [-0.1, -0.05) is 0 Å². The van der Waals surface area contributed by atoms with Crippen molar-refractivity contribution in [2.75, 3.05) is 49.2 Å². The molecule has 0 aromatic carbocycles. The van der Waals surface area contributed by atoms with Gasteiger partial charge in [0, 0.05) is 45.2 Å². The Morgan fingerprint density at radius 1 is 1.19 bits per heavy atom. The van der Waals surface area contributed by atoms with E-state index in [4.69, 9.17) is 14.5 Å². The summed E-state index contributed by atoms with van der Waals surface area (Å²) in [6.45, 7) is 9.39. The molecule has 116 valence electrons. The van der Waals surface area contributed by atoms with Crippen LogP contribution in [-0.4, -0.2) is 55.1 Å². The number of aromatic nitrogens is 2. The van der Waals surface area contributed by atoms with E-state index < -0.39 is 0 Å². The van der Waals surface area contributed by atoms with Crippen molar-refractivity contribution >= 4 is 11.8 Å². The largest absolute Gasteiger partial charge is 0.357 e. The normalized spacial score (nSPS) is 21.0. The maximum atomic E-state index is 5.76. The molecule has 0 unspecified atom stereocenters. The van der Waals surface area contributed by atoms with Crippen LogP contribution in [0.4, 0.5) is 11.8 Å². The molecule has 2 aliphatic rings. The maximum absolute atomic E-state index is 5.76. The van der Waals surface area contributed by atoms with Gasteiger partial charge in [-0.2, -0.15) is 4.98 Å². The summed E-state index contributed by atoms with van der Waals surface area (Å²) in [5.41, 5.74) is 0. The lowest BCUT2D eigenvalue weighted by molar-refractivity contribution is -0.169. The zero-order chi connectivity index (χ0) is 14.7. The quantitative estimate of drug-likeness (QED) is 0.841. The van der Waals surface area contributed by atoms with E-state index in [1.807, 2.05) is 12.3 Å². The maximum Gasteiger partial charge on any atom is 0.227 e. The molecule has 0 amide bonds. The number of anilines is 2. The smallest absolute Gasteiger partial charge is 0.227 e. The Bertz CT molecular complexity index is 462. The second-order valence-electron chi connectivity index (χ2n) is 5.48. The zero-order valence-electron chi connectivity index (χ0n) is 12.9. The van der Waals surface area contributed by atoms with E-state index in [1.54, 1.807) is 0 Å². The highest BCUT2D eigenvalue weighted by atomic mass is 16.7. The SMILES string of the molecule is CCN(CC)c1ccnc(N2CCC3(CC2)OCCO3)n1. The molecule has 1 spiro atoms. The molecule has 3 heterocycles. The van der Waals surface area contributed by atoms with E-state index in [9.17, 15) is 0 Å². The Balaban J connectivity index is 1.69. The van der Waals surface area contributed by atoms with Gasteiger partial charge >= 0.3 is 0 Å². The molecule has 1 aromatic heterocycles. The van der Waals surface area contributed by atoms with E-state index in [2.05, 4.69) is 28.6 Å². The van der Waals surface area contributed by atoms with E-state index >= 15 is 0 Å². The summed E-state index contributed by atoms with van der Waals surface area (Å²) in [7, 11) is 0. The first-order valence-corrected chi connectivity index (χ1v) is 7.87. The van der Waals surface area contributed by atoms with Crippen molar-refractivity contribution < 1.29 is 9.47 Å². The summed E-state index contributed by atoms with van der Waals surface area (Å²) >= 11 is 0. The van der Waals surface area contributed by atoms with Gasteiger partial charge in [-0.15, -0.1) is 0 Å². The third-order valence-corrected chi connectivity index (χ3v) is 4.34. The van der Waals surface area contributed by atoms with Gasteiger partial charge in [0.05, 0.1) is 13.2 Å². The zero-order valence-corrected chi connectivity index (χ0v) is 12.9. The molecular formula is C15H24N4O2. The highest BCUT2D eigenvalue weighted by Gasteiger charge is 2.40. The van der Waals surface area contributed by atoms with Crippen LogP contribution in [0.3, 0.4) is 0 Å². The van der Waals surface area contributed by atoms with Crippen LogP contribution in [0.15, 0.2) is 12.3 Å². The second kappa shape index (κ2) is 6.15.